The van der Waals surface area contributed by atoms with E-state index in [1.807, 2.05) is 12.1 Å². The van der Waals surface area contributed by atoms with E-state index in [9.17, 15) is 4.79 Å². The highest BCUT2D eigenvalue weighted by atomic mass is 35.5. The molecule has 1 aliphatic rings. The van der Waals surface area contributed by atoms with Gasteiger partial charge in [-0.15, -0.1) is 0 Å². The highest BCUT2D eigenvalue weighted by Gasteiger charge is 2.23. The Hall–Kier alpha value is -1.79. The number of carbonyl (C=O) groups is 1. The Kier molecular flexibility index (Phi) is 5.81. The molecule has 0 unspecified atom stereocenters. The summed E-state index contributed by atoms with van der Waals surface area (Å²) in [5, 5.41) is 4.64. The van der Waals surface area contributed by atoms with E-state index in [4.69, 9.17) is 32.5 Å². The number of nitrogens with zero attached hydrogens (tertiary/aromatic N) is 3. The van der Waals surface area contributed by atoms with Crippen molar-refractivity contribution in [1.82, 2.24) is 10.1 Å². The number of carbonyl (C=O) groups excluding carboxylic acids is 1. The van der Waals surface area contributed by atoms with Crippen LogP contribution < -0.4 is 4.90 Å². The summed E-state index contributed by atoms with van der Waals surface area (Å²) in [6.07, 6.45) is 3.88. The minimum atomic E-state index is -0.222. The standard InChI is InChI=1S/C17H19Cl2N3O3/c1-11-14(17(19)25-21-11)3-5-16(23)24-13-6-8-22(9-7-13)15-4-2-12(18)10-20-15/h2,4,10,13H,3,5-9H2,1H3. The SMILES string of the molecule is Cc1noc(Cl)c1CCC(=O)OC1CCN(c2ccc(Cl)cn2)CC1. The second-order valence-electron chi connectivity index (χ2n) is 6.03. The first-order chi connectivity index (χ1) is 12.0. The average molecular weight is 384 g/mol. The number of anilines is 1. The summed E-state index contributed by atoms with van der Waals surface area (Å²) < 4.78 is 10.5. The molecule has 3 rings (SSSR count). The van der Waals surface area contributed by atoms with Crippen LogP contribution in [0.2, 0.25) is 10.2 Å². The summed E-state index contributed by atoms with van der Waals surface area (Å²) in [4.78, 5) is 18.5. The summed E-state index contributed by atoms with van der Waals surface area (Å²) in [7, 11) is 0. The molecule has 134 valence electrons. The summed E-state index contributed by atoms with van der Waals surface area (Å²) in [6, 6.07) is 3.73. The van der Waals surface area contributed by atoms with Gasteiger partial charge in [0.05, 0.1) is 10.7 Å². The first-order valence-electron chi connectivity index (χ1n) is 8.19. The molecule has 0 atom stereocenters. The van der Waals surface area contributed by atoms with Crippen molar-refractivity contribution in [3.05, 3.63) is 39.8 Å². The van der Waals surface area contributed by atoms with Crippen LogP contribution in [0.15, 0.2) is 22.9 Å². The third-order valence-electron chi connectivity index (χ3n) is 4.29. The minimum absolute atomic E-state index is 0.0601. The molecule has 2 aromatic heterocycles. The van der Waals surface area contributed by atoms with E-state index in [0.717, 1.165) is 37.3 Å². The lowest BCUT2D eigenvalue weighted by Gasteiger charge is -2.32. The number of ether oxygens (including phenoxy) is 1. The van der Waals surface area contributed by atoms with E-state index in [0.29, 0.717) is 17.1 Å². The van der Waals surface area contributed by atoms with Crippen LogP contribution in [0.4, 0.5) is 5.82 Å². The van der Waals surface area contributed by atoms with Crippen molar-refractivity contribution in [3.63, 3.8) is 0 Å². The summed E-state index contributed by atoms with van der Waals surface area (Å²) in [5.74, 6) is 0.673. The Morgan fingerprint density at radius 1 is 1.36 bits per heavy atom. The van der Waals surface area contributed by atoms with E-state index < -0.39 is 0 Å². The highest BCUT2D eigenvalue weighted by Crippen LogP contribution is 2.23. The Morgan fingerprint density at radius 3 is 2.72 bits per heavy atom. The zero-order valence-electron chi connectivity index (χ0n) is 13.9. The van der Waals surface area contributed by atoms with Gasteiger partial charge in [0.2, 0.25) is 5.22 Å². The zero-order chi connectivity index (χ0) is 17.8. The Bertz CT molecular complexity index is 706. The lowest BCUT2D eigenvalue weighted by molar-refractivity contribution is -0.149. The van der Waals surface area contributed by atoms with Crippen LogP contribution in [0, 0.1) is 6.92 Å². The van der Waals surface area contributed by atoms with Gasteiger partial charge in [-0.1, -0.05) is 16.8 Å². The number of aromatic nitrogens is 2. The quantitative estimate of drug-likeness (QED) is 0.730. The largest absolute Gasteiger partial charge is 0.462 e. The molecular formula is C17H19Cl2N3O3. The molecule has 8 heteroatoms. The fraction of sp³-hybridized carbons (Fsp3) is 0.471. The molecule has 0 aliphatic carbocycles. The first kappa shape index (κ1) is 18.0. The molecular weight excluding hydrogens is 365 g/mol. The Morgan fingerprint density at radius 2 is 2.12 bits per heavy atom. The molecule has 0 amide bonds. The lowest BCUT2D eigenvalue weighted by Crippen LogP contribution is -2.38. The van der Waals surface area contributed by atoms with E-state index in [2.05, 4.69) is 15.0 Å². The topological polar surface area (TPSA) is 68.5 Å². The molecule has 1 aliphatic heterocycles. The van der Waals surface area contributed by atoms with Crippen molar-refractivity contribution in [3.8, 4) is 0 Å². The van der Waals surface area contributed by atoms with Crippen LogP contribution >= 0.6 is 23.2 Å². The smallest absolute Gasteiger partial charge is 0.306 e. The van der Waals surface area contributed by atoms with Crippen molar-refractivity contribution in [1.29, 1.82) is 0 Å². The fourth-order valence-electron chi connectivity index (χ4n) is 2.87. The van der Waals surface area contributed by atoms with Gasteiger partial charge in [-0.25, -0.2) is 4.98 Å². The number of aryl methyl sites for hydroxylation is 1. The average Bonchev–Trinajstić information content (AvgIpc) is 2.93. The minimum Gasteiger partial charge on any atom is -0.462 e. The normalized spacial score (nSPS) is 15.4. The van der Waals surface area contributed by atoms with Gasteiger partial charge >= 0.3 is 5.97 Å². The van der Waals surface area contributed by atoms with Crippen LogP contribution in [-0.4, -0.2) is 35.3 Å². The van der Waals surface area contributed by atoms with Gasteiger partial charge in [0.15, 0.2) is 0 Å². The number of esters is 1. The first-order valence-corrected chi connectivity index (χ1v) is 8.95. The van der Waals surface area contributed by atoms with Crippen LogP contribution in [0.3, 0.4) is 0 Å². The third-order valence-corrected chi connectivity index (χ3v) is 4.81. The maximum Gasteiger partial charge on any atom is 0.306 e. The third kappa shape index (κ3) is 4.64. The number of pyridine rings is 1. The predicted molar refractivity (Wildman–Crippen MR) is 95.1 cm³/mol. The molecule has 6 nitrogen and oxygen atoms in total. The summed E-state index contributed by atoms with van der Waals surface area (Å²) >= 11 is 11.8. The molecule has 0 saturated carbocycles. The van der Waals surface area contributed by atoms with Gasteiger partial charge in [-0.3, -0.25) is 4.79 Å². The van der Waals surface area contributed by atoms with Crippen LogP contribution in [0.1, 0.15) is 30.5 Å². The van der Waals surface area contributed by atoms with Gasteiger partial charge in [0.25, 0.3) is 0 Å². The fourth-order valence-corrected chi connectivity index (χ4v) is 3.25. The second-order valence-corrected chi connectivity index (χ2v) is 6.81. The Labute approximate surface area is 156 Å². The summed E-state index contributed by atoms with van der Waals surface area (Å²) in [5.41, 5.74) is 1.48. The molecule has 3 heterocycles. The number of hydrogen-bond donors (Lipinski definition) is 0. The van der Waals surface area contributed by atoms with E-state index in [1.54, 1.807) is 13.1 Å². The molecule has 2 aromatic rings. The van der Waals surface area contributed by atoms with Gasteiger partial charge in [-0.05, 0) is 37.1 Å². The number of piperidine rings is 1. The van der Waals surface area contributed by atoms with Crippen LogP contribution in [0.25, 0.3) is 0 Å². The summed E-state index contributed by atoms with van der Waals surface area (Å²) in [6.45, 7) is 3.39. The van der Waals surface area contributed by atoms with Crippen molar-refractivity contribution < 1.29 is 14.1 Å². The highest BCUT2D eigenvalue weighted by molar-refractivity contribution is 6.30. The van der Waals surface area contributed by atoms with E-state index >= 15 is 0 Å². The number of halogens is 2. The van der Waals surface area contributed by atoms with Crippen LogP contribution in [-0.2, 0) is 16.0 Å². The molecule has 25 heavy (non-hydrogen) atoms. The number of hydrogen-bond acceptors (Lipinski definition) is 6. The predicted octanol–water partition coefficient (Wildman–Crippen LogP) is 3.83. The van der Waals surface area contributed by atoms with Crippen molar-refractivity contribution in [2.45, 2.75) is 38.7 Å². The monoisotopic (exact) mass is 383 g/mol. The molecule has 1 saturated heterocycles. The van der Waals surface area contributed by atoms with Crippen molar-refractivity contribution in [2.75, 3.05) is 18.0 Å². The molecule has 0 radical (unpaired) electrons. The van der Waals surface area contributed by atoms with Gasteiger partial charge in [0, 0.05) is 44.1 Å². The maximum atomic E-state index is 12.1. The molecule has 0 spiro atoms. The maximum absolute atomic E-state index is 12.1. The lowest BCUT2D eigenvalue weighted by atomic mass is 10.1. The molecule has 0 bridgehead atoms. The van der Waals surface area contributed by atoms with Gasteiger partial charge in [-0.2, -0.15) is 0 Å². The van der Waals surface area contributed by atoms with E-state index in [-0.39, 0.29) is 23.7 Å². The van der Waals surface area contributed by atoms with Gasteiger partial charge < -0.3 is 14.2 Å². The molecule has 0 N–H and O–H groups in total. The molecule has 0 aromatic carbocycles. The Balaban J connectivity index is 1.44. The van der Waals surface area contributed by atoms with Crippen molar-refractivity contribution >= 4 is 35.0 Å². The number of rotatable bonds is 5. The second kappa shape index (κ2) is 8.06. The van der Waals surface area contributed by atoms with Crippen molar-refractivity contribution in [2.24, 2.45) is 0 Å². The van der Waals surface area contributed by atoms with E-state index in [1.165, 1.54) is 0 Å². The van der Waals surface area contributed by atoms with Crippen LogP contribution in [0.5, 0.6) is 0 Å². The van der Waals surface area contributed by atoms with Gasteiger partial charge in [0.1, 0.15) is 11.9 Å². The molecule has 1 fully saturated rings. The zero-order valence-corrected chi connectivity index (χ0v) is 15.4.